The zero-order valence-corrected chi connectivity index (χ0v) is 14.1. The molecule has 1 heterocycles. The van der Waals surface area contributed by atoms with Crippen molar-refractivity contribution in [3.63, 3.8) is 0 Å². The van der Waals surface area contributed by atoms with E-state index in [9.17, 15) is 9.59 Å². The second-order valence-electron chi connectivity index (χ2n) is 6.38. The highest BCUT2D eigenvalue weighted by atomic mass is 35.5. The number of carbonyl (C=O) groups excluding carboxylic acids is 2. The molecule has 1 saturated carbocycles. The van der Waals surface area contributed by atoms with Crippen molar-refractivity contribution in [3.05, 3.63) is 35.9 Å². The molecule has 1 aliphatic heterocycles. The zero-order valence-electron chi connectivity index (χ0n) is 13.3. The minimum absolute atomic E-state index is 0. The van der Waals surface area contributed by atoms with Gasteiger partial charge < -0.3 is 16.0 Å². The van der Waals surface area contributed by atoms with E-state index in [0.717, 1.165) is 0 Å². The maximum Gasteiger partial charge on any atom is 0.238 e. The number of benzene rings is 1. The minimum atomic E-state index is -0.806. The van der Waals surface area contributed by atoms with Gasteiger partial charge in [0.05, 0.1) is 0 Å². The van der Waals surface area contributed by atoms with Gasteiger partial charge in [-0.15, -0.1) is 12.4 Å². The van der Waals surface area contributed by atoms with Gasteiger partial charge in [-0.3, -0.25) is 9.59 Å². The Kier molecular flexibility index (Phi) is 5.32. The summed E-state index contributed by atoms with van der Waals surface area (Å²) in [4.78, 5) is 26.7. The maximum absolute atomic E-state index is 12.8. The van der Waals surface area contributed by atoms with Gasteiger partial charge in [0.1, 0.15) is 5.41 Å². The fourth-order valence-electron chi connectivity index (χ4n) is 3.56. The van der Waals surface area contributed by atoms with E-state index in [-0.39, 0.29) is 36.1 Å². The Morgan fingerprint density at radius 3 is 2.43 bits per heavy atom. The molecule has 1 saturated heterocycles. The molecular formula is C17H24ClN3O2. The molecule has 0 radical (unpaired) electrons. The molecule has 2 amide bonds. The monoisotopic (exact) mass is 337 g/mol. The van der Waals surface area contributed by atoms with Crippen molar-refractivity contribution in [2.45, 2.75) is 18.8 Å². The van der Waals surface area contributed by atoms with Crippen LogP contribution in [0.5, 0.6) is 0 Å². The van der Waals surface area contributed by atoms with Gasteiger partial charge in [0.25, 0.3) is 0 Å². The number of rotatable bonds is 4. The summed E-state index contributed by atoms with van der Waals surface area (Å²) in [5.41, 5.74) is 6.33. The lowest BCUT2D eigenvalue weighted by atomic mass is 9.89. The van der Waals surface area contributed by atoms with E-state index in [4.69, 9.17) is 5.73 Å². The summed E-state index contributed by atoms with van der Waals surface area (Å²) < 4.78 is 0. The molecule has 6 heteroatoms. The lowest BCUT2D eigenvalue weighted by molar-refractivity contribution is -0.143. The Morgan fingerprint density at radius 2 is 1.91 bits per heavy atom. The summed E-state index contributed by atoms with van der Waals surface area (Å²) in [6.07, 6.45) is 1.32. The van der Waals surface area contributed by atoms with Crippen molar-refractivity contribution in [1.82, 2.24) is 10.2 Å². The van der Waals surface area contributed by atoms with Crippen LogP contribution in [0.2, 0.25) is 0 Å². The Balaban J connectivity index is 0.00000192. The lowest BCUT2D eigenvalue weighted by Gasteiger charge is -2.22. The molecule has 0 unspecified atom stereocenters. The number of amides is 2. The maximum atomic E-state index is 12.8. The van der Waals surface area contributed by atoms with Crippen molar-refractivity contribution in [2.24, 2.45) is 17.1 Å². The first-order valence-electron chi connectivity index (χ1n) is 7.89. The Labute approximate surface area is 143 Å². The standard InChI is InChI=1S/C17H23N3O2.ClH/c1-19-15(21)17(7-8-17)16(22)20-10-13(9-18)14(11-20)12-5-3-2-4-6-12;/h2-6,13-14H,7-11,18H2,1H3,(H,19,21);1H/t13-,14+;/m1./s1. The summed E-state index contributed by atoms with van der Waals surface area (Å²) in [6.45, 7) is 1.85. The van der Waals surface area contributed by atoms with Crippen LogP contribution >= 0.6 is 12.4 Å². The van der Waals surface area contributed by atoms with Crippen molar-refractivity contribution >= 4 is 24.2 Å². The third kappa shape index (κ3) is 3.08. The van der Waals surface area contributed by atoms with Gasteiger partial charge in [-0.05, 0) is 30.9 Å². The zero-order chi connectivity index (χ0) is 15.7. The normalized spacial score (nSPS) is 24.7. The van der Waals surface area contributed by atoms with Gasteiger partial charge in [0, 0.05) is 26.1 Å². The molecule has 2 fully saturated rings. The first-order chi connectivity index (χ1) is 10.6. The Morgan fingerprint density at radius 1 is 1.26 bits per heavy atom. The largest absolute Gasteiger partial charge is 0.358 e. The van der Waals surface area contributed by atoms with Crippen molar-refractivity contribution in [3.8, 4) is 0 Å². The number of hydrogen-bond acceptors (Lipinski definition) is 3. The van der Waals surface area contributed by atoms with E-state index >= 15 is 0 Å². The summed E-state index contributed by atoms with van der Waals surface area (Å²) >= 11 is 0. The molecular weight excluding hydrogens is 314 g/mol. The molecule has 1 aliphatic carbocycles. The summed E-state index contributed by atoms with van der Waals surface area (Å²) in [5, 5.41) is 2.63. The number of nitrogens with zero attached hydrogens (tertiary/aromatic N) is 1. The summed E-state index contributed by atoms with van der Waals surface area (Å²) in [6, 6.07) is 10.2. The van der Waals surface area contributed by atoms with Crippen LogP contribution in [0.4, 0.5) is 0 Å². The smallest absolute Gasteiger partial charge is 0.238 e. The van der Waals surface area contributed by atoms with Crippen LogP contribution in [0.25, 0.3) is 0 Å². The lowest BCUT2D eigenvalue weighted by Crippen LogP contribution is -2.43. The highest BCUT2D eigenvalue weighted by Crippen LogP contribution is 2.48. The molecule has 0 bridgehead atoms. The predicted octanol–water partition coefficient (Wildman–Crippen LogP) is 1.14. The Bertz CT molecular complexity index is 574. The Hall–Kier alpha value is -1.59. The highest BCUT2D eigenvalue weighted by molar-refractivity contribution is 6.07. The van der Waals surface area contributed by atoms with Crippen LogP contribution in [0.3, 0.4) is 0 Å². The van der Waals surface area contributed by atoms with Crippen LogP contribution in [0, 0.1) is 11.3 Å². The molecule has 2 aliphatic rings. The SMILES string of the molecule is CNC(=O)C1(C(=O)N2C[C@@H](CN)[C@H](c3ccccc3)C2)CC1.Cl. The molecule has 2 atom stereocenters. The highest BCUT2D eigenvalue weighted by Gasteiger charge is 2.58. The minimum Gasteiger partial charge on any atom is -0.358 e. The number of nitrogens with one attached hydrogen (secondary N) is 1. The first kappa shape index (κ1) is 17.8. The number of halogens is 1. The number of hydrogen-bond donors (Lipinski definition) is 2. The average Bonchev–Trinajstić information content (AvgIpc) is 3.27. The molecule has 3 rings (SSSR count). The van der Waals surface area contributed by atoms with E-state index in [1.807, 2.05) is 23.1 Å². The van der Waals surface area contributed by atoms with E-state index in [0.29, 0.717) is 32.5 Å². The van der Waals surface area contributed by atoms with E-state index < -0.39 is 5.41 Å². The number of nitrogens with two attached hydrogens (primary N) is 1. The molecule has 126 valence electrons. The third-order valence-electron chi connectivity index (χ3n) is 5.08. The van der Waals surface area contributed by atoms with Crippen LogP contribution in [-0.2, 0) is 9.59 Å². The van der Waals surface area contributed by atoms with E-state index in [2.05, 4.69) is 17.4 Å². The average molecular weight is 338 g/mol. The third-order valence-corrected chi connectivity index (χ3v) is 5.08. The summed E-state index contributed by atoms with van der Waals surface area (Å²) in [5.74, 6) is 0.344. The second kappa shape index (κ2) is 6.89. The summed E-state index contributed by atoms with van der Waals surface area (Å²) in [7, 11) is 1.59. The molecule has 23 heavy (non-hydrogen) atoms. The molecule has 1 aromatic rings. The van der Waals surface area contributed by atoms with Gasteiger partial charge in [0.2, 0.25) is 11.8 Å². The quantitative estimate of drug-likeness (QED) is 0.809. The molecule has 0 aromatic heterocycles. The molecule has 5 nitrogen and oxygen atoms in total. The van der Waals surface area contributed by atoms with Crippen molar-refractivity contribution in [2.75, 3.05) is 26.7 Å². The van der Waals surface area contributed by atoms with E-state index in [1.165, 1.54) is 5.56 Å². The van der Waals surface area contributed by atoms with Gasteiger partial charge >= 0.3 is 0 Å². The second-order valence-corrected chi connectivity index (χ2v) is 6.38. The first-order valence-corrected chi connectivity index (χ1v) is 7.89. The van der Waals surface area contributed by atoms with Gasteiger partial charge in [-0.25, -0.2) is 0 Å². The van der Waals surface area contributed by atoms with Crippen LogP contribution < -0.4 is 11.1 Å². The van der Waals surface area contributed by atoms with Crippen LogP contribution in [-0.4, -0.2) is 43.4 Å². The molecule has 0 spiro atoms. The van der Waals surface area contributed by atoms with Crippen molar-refractivity contribution < 1.29 is 9.59 Å². The van der Waals surface area contributed by atoms with Crippen LogP contribution in [0.1, 0.15) is 24.3 Å². The van der Waals surface area contributed by atoms with Crippen LogP contribution in [0.15, 0.2) is 30.3 Å². The topological polar surface area (TPSA) is 75.4 Å². The van der Waals surface area contributed by atoms with E-state index in [1.54, 1.807) is 7.05 Å². The van der Waals surface area contributed by atoms with Gasteiger partial charge in [-0.2, -0.15) is 0 Å². The van der Waals surface area contributed by atoms with Gasteiger partial charge in [0.15, 0.2) is 0 Å². The number of likely N-dealkylation sites (tertiary alicyclic amines) is 1. The fourth-order valence-corrected chi connectivity index (χ4v) is 3.56. The predicted molar refractivity (Wildman–Crippen MR) is 91.3 cm³/mol. The molecule has 3 N–H and O–H groups in total. The number of carbonyl (C=O) groups is 2. The van der Waals surface area contributed by atoms with Crippen molar-refractivity contribution in [1.29, 1.82) is 0 Å². The molecule has 1 aromatic carbocycles. The van der Waals surface area contributed by atoms with Gasteiger partial charge in [-0.1, -0.05) is 30.3 Å². The fraction of sp³-hybridized carbons (Fsp3) is 0.529.